The van der Waals surface area contributed by atoms with Crippen molar-refractivity contribution in [3.8, 4) is 11.3 Å². The molecule has 0 fully saturated rings. The number of rotatable bonds is 6. The molecule has 4 nitrogen and oxygen atoms in total. The maximum atomic E-state index is 6.12. The van der Waals surface area contributed by atoms with Gasteiger partial charge in [0, 0.05) is 53.2 Å². The number of aromatic nitrogens is 3. The van der Waals surface area contributed by atoms with Crippen molar-refractivity contribution in [2.24, 2.45) is 0 Å². The van der Waals surface area contributed by atoms with Gasteiger partial charge in [0.25, 0.3) is 0 Å². The Morgan fingerprint density at radius 2 is 2.00 bits per heavy atom. The normalized spacial score (nSPS) is 11.3. The number of H-pyrrole nitrogens is 1. The fourth-order valence-electron chi connectivity index (χ4n) is 3.41. The molecule has 0 saturated heterocycles. The molecule has 0 saturated carbocycles. The van der Waals surface area contributed by atoms with E-state index in [4.69, 9.17) is 5.73 Å². The van der Waals surface area contributed by atoms with Crippen LogP contribution in [-0.2, 0) is 13.0 Å². The zero-order valence-corrected chi connectivity index (χ0v) is 15.1. The van der Waals surface area contributed by atoms with E-state index in [1.54, 1.807) is 0 Å². The zero-order valence-electron chi connectivity index (χ0n) is 15.1. The van der Waals surface area contributed by atoms with Crippen LogP contribution in [0.4, 0.5) is 5.69 Å². The molecular formula is C22H24N4. The highest BCUT2D eigenvalue weighted by atomic mass is 15.1. The van der Waals surface area contributed by atoms with Crippen LogP contribution >= 0.6 is 0 Å². The van der Waals surface area contributed by atoms with Crippen molar-refractivity contribution in [2.75, 3.05) is 5.73 Å². The average molecular weight is 344 g/mol. The first-order valence-electron chi connectivity index (χ1n) is 9.21. The Hall–Kier alpha value is -3.01. The molecule has 2 aromatic heterocycles. The van der Waals surface area contributed by atoms with Gasteiger partial charge >= 0.3 is 0 Å². The topological polar surface area (TPSA) is 59.6 Å². The largest absolute Gasteiger partial charge is 0.398 e. The van der Waals surface area contributed by atoms with E-state index in [1.807, 2.05) is 30.5 Å². The van der Waals surface area contributed by atoms with Crippen LogP contribution in [0.5, 0.6) is 0 Å². The first kappa shape index (κ1) is 16.5. The summed E-state index contributed by atoms with van der Waals surface area (Å²) in [5, 5.41) is 1.20. The highest BCUT2D eigenvalue weighted by Crippen LogP contribution is 2.28. The van der Waals surface area contributed by atoms with Gasteiger partial charge in [-0.2, -0.15) is 0 Å². The standard InChI is InChI=1S/C22H24N4/c1-2-3-8-22-24-11-12-26(22)15-16-9-10-20-17(13-16)14-21(25-20)18-6-4-5-7-19(18)23/h4-7,9-14,25H,2-3,8,15,23H2,1H3. The van der Waals surface area contributed by atoms with Crippen LogP contribution in [0, 0.1) is 0 Å². The van der Waals surface area contributed by atoms with Crippen LogP contribution in [0.25, 0.3) is 22.2 Å². The average Bonchev–Trinajstić information content (AvgIpc) is 3.26. The number of para-hydroxylation sites is 1. The molecule has 0 unspecified atom stereocenters. The van der Waals surface area contributed by atoms with E-state index in [0.717, 1.165) is 35.4 Å². The van der Waals surface area contributed by atoms with Gasteiger partial charge in [0.1, 0.15) is 5.82 Å². The molecule has 26 heavy (non-hydrogen) atoms. The lowest BCUT2D eigenvalue weighted by Gasteiger charge is -2.08. The van der Waals surface area contributed by atoms with E-state index >= 15 is 0 Å². The predicted octanol–water partition coefficient (Wildman–Crippen LogP) is 5.00. The van der Waals surface area contributed by atoms with E-state index < -0.39 is 0 Å². The predicted molar refractivity (Wildman–Crippen MR) is 108 cm³/mol. The third kappa shape index (κ3) is 3.23. The van der Waals surface area contributed by atoms with Gasteiger partial charge in [-0.1, -0.05) is 37.6 Å². The number of nitrogens with zero attached hydrogens (tertiary/aromatic N) is 2. The first-order valence-corrected chi connectivity index (χ1v) is 9.21. The number of hydrogen-bond acceptors (Lipinski definition) is 2. The summed E-state index contributed by atoms with van der Waals surface area (Å²) in [5.74, 6) is 1.17. The lowest BCUT2D eigenvalue weighted by atomic mass is 10.1. The molecule has 0 aliphatic heterocycles. The van der Waals surface area contributed by atoms with Crippen molar-refractivity contribution in [1.82, 2.24) is 14.5 Å². The summed E-state index contributed by atoms with van der Waals surface area (Å²) < 4.78 is 2.25. The quantitative estimate of drug-likeness (QED) is 0.483. The summed E-state index contributed by atoms with van der Waals surface area (Å²) in [6, 6.07) is 16.7. The highest BCUT2D eigenvalue weighted by Gasteiger charge is 2.08. The Bertz CT molecular complexity index is 1030. The van der Waals surface area contributed by atoms with Crippen molar-refractivity contribution in [2.45, 2.75) is 32.7 Å². The highest BCUT2D eigenvalue weighted by molar-refractivity contribution is 5.88. The number of hydrogen-bond donors (Lipinski definition) is 2. The van der Waals surface area contributed by atoms with Crippen LogP contribution in [-0.4, -0.2) is 14.5 Å². The third-order valence-corrected chi connectivity index (χ3v) is 4.84. The van der Waals surface area contributed by atoms with Gasteiger partial charge in [0.15, 0.2) is 0 Å². The maximum absolute atomic E-state index is 6.12. The lowest BCUT2D eigenvalue weighted by Crippen LogP contribution is -2.04. The SMILES string of the molecule is CCCCc1nccn1Cc1ccc2[nH]c(-c3ccccc3N)cc2c1. The Morgan fingerprint density at radius 1 is 1.12 bits per heavy atom. The molecule has 132 valence electrons. The van der Waals surface area contributed by atoms with Crippen molar-refractivity contribution in [3.63, 3.8) is 0 Å². The van der Waals surface area contributed by atoms with Gasteiger partial charge in [-0.3, -0.25) is 0 Å². The molecule has 4 aromatic rings. The minimum atomic E-state index is 0.790. The Balaban J connectivity index is 1.62. The fourth-order valence-corrected chi connectivity index (χ4v) is 3.41. The number of unbranched alkanes of at least 4 members (excludes halogenated alkanes) is 1. The second kappa shape index (κ2) is 7.08. The monoisotopic (exact) mass is 344 g/mol. The molecule has 3 N–H and O–H groups in total. The second-order valence-electron chi connectivity index (χ2n) is 6.77. The summed E-state index contributed by atoms with van der Waals surface area (Å²) in [4.78, 5) is 7.99. The molecule has 0 radical (unpaired) electrons. The number of nitrogens with one attached hydrogen (secondary N) is 1. The van der Waals surface area contributed by atoms with Crippen LogP contribution < -0.4 is 5.73 Å². The molecular weight excluding hydrogens is 320 g/mol. The van der Waals surface area contributed by atoms with Gasteiger partial charge in [0.05, 0.1) is 0 Å². The number of anilines is 1. The number of fused-ring (bicyclic) bond motifs is 1. The minimum absolute atomic E-state index is 0.790. The third-order valence-electron chi connectivity index (χ3n) is 4.84. The molecule has 0 amide bonds. The molecule has 0 bridgehead atoms. The van der Waals surface area contributed by atoms with Crippen molar-refractivity contribution >= 4 is 16.6 Å². The van der Waals surface area contributed by atoms with E-state index in [-0.39, 0.29) is 0 Å². The molecule has 4 rings (SSSR count). The Kier molecular flexibility index (Phi) is 4.48. The van der Waals surface area contributed by atoms with Crippen LogP contribution in [0.3, 0.4) is 0 Å². The van der Waals surface area contributed by atoms with Gasteiger partial charge in [-0.25, -0.2) is 4.98 Å². The second-order valence-corrected chi connectivity index (χ2v) is 6.77. The molecule has 2 aromatic carbocycles. The van der Waals surface area contributed by atoms with Gasteiger partial charge in [-0.05, 0) is 36.2 Å². The molecule has 0 aliphatic carbocycles. The number of aryl methyl sites for hydroxylation is 1. The Labute approximate surface area is 153 Å². The first-order chi connectivity index (χ1) is 12.7. The minimum Gasteiger partial charge on any atom is -0.398 e. The molecule has 4 heteroatoms. The smallest absolute Gasteiger partial charge is 0.108 e. The van der Waals surface area contributed by atoms with Crippen LogP contribution in [0.15, 0.2) is 60.9 Å². The zero-order chi connectivity index (χ0) is 17.9. The summed E-state index contributed by atoms with van der Waals surface area (Å²) in [7, 11) is 0. The summed E-state index contributed by atoms with van der Waals surface area (Å²) in [6.07, 6.45) is 7.37. The van der Waals surface area contributed by atoms with Gasteiger partial charge in [-0.15, -0.1) is 0 Å². The van der Waals surface area contributed by atoms with E-state index in [9.17, 15) is 0 Å². The summed E-state index contributed by atoms with van der Waals surface area (Å²) >= 11 is 0. The maximum Gasteiger partial charge on any atom is 0.108 e. The van der Waals surface area contributed by atoms with Gasteiger partial charge < -0.3 is 15.3 Å². The summed E-state index contributed by atoms with van der Waals surface area (Å²) in [6.45, 7) is 3.06. The van der Waals surface area contributed by atoms with E-state index in [1.165, 1.54) is 29.6 Å². The molecule has 0 spiro atoms. The number of benzene rings is 2. The van der Waals surface area contributed by atoms with Crippen LogP contribution in [0.2, 0.25) is 0 Å². The lowest BCUT2D eigenvalue weighted by molar-refractivity contribution is 0.678. The number of imidazole rings is 1. The number of nitrogens with two attached hydrogens (primary N) is 1. The van der Waals surface area contributed by atoms with Crippen molar-refractivity contribution < 1.29 is 0 Å². The van der Waals surface area contributed by atoms with Gasteiger partial charge in [0.2, 0.25) is 0 Å². The van der Waals surface area contributed by atoms with Crippen molar-refractivity contribution in [3.05, 3.63) is 72.3 Å². The Morgan fingerprint density at radius 3 is 2.85 bits per heavy atom. The number of nitrogen functional groups attached to an aromatic ring is 1. The molecule has 2 heterocycles. The van der Waals surface area contributed by atoms with E-state index in [0.29, 0.717) is 0 Å². The van der Waals surface area contributed by atoms with Crippen molar-refractivity contribution in [1.29, 1.82) is 0 Å². The van der Waals surface area contributed by atoms with Crippen LogP contribution in [0.1, 0.15) is 31.2 Å². The summed E-state index contributed by atoms with van der Waals surface area (Å²) in [5.41, 5.74) is 11.4. The fraction of sp³-hybridized carbons (Fsp3) is 0.227. The number of aromatic amines is 1. The molecule has 0 aliphatic rings. The molecule has 0 atom stereocenters. The van der Waals surface area contributed by atoms with E-state index in [2.05, 4.69) is 51.9 Å².